The van der Waals surface area contributed by atoms with E-state index >= 15 is 0 Å². The van der Waals surface area contributed by atoms with Gasteiger partial charge in [-0.1, -0.05) is 11.6 Å². The maximum absolute atomic E-state index is 15.0. The van der Waals surface area contributed by atoms with Crippen molar-refractivity contribution in [1.82, 2.24) is 24.7 Å². The van der Waals surface area contributed by atoms with Gasteiger partial charge in [0.1, 0.15) is 16.5 Å². The molecule has 1 N–H and O–H groups in total. The molecule has 0 aliphatic heterocycles. The lowest BCUT2D eigenvalue weighted by Gasteiger charge is -2.14. The van der Waals surface area contributed by atoms with Gasteiger partial charge in [-0.15, -0.1) is 11.3 Å². The Labute approximate surface area is 218 Å². The molecule has 0 bridgehead atoms. The molecule has 0 unspecified atom stereocenters. The highest BCUT2D eigenvalue weighted by Gasteiger charge is 2.24. The normalized spacial score (nSPS) is 11.5. The molecule has 0 radical (unpaired) electrons. The third-order valence-electron chi connectivity index (χ3n) is 5.07. The first-order valence-corrected chi connectivity index (χ1v) is 13.2. The van der Waals surface area contributed by atoms with E-state index in [1.54, 1.807) is 30.2 Å². The van der Waals surface area contributed by atoms with Crippen LogP contribution in [0.2, 0.25) is 5.02 Å². The van der Waals surface area contributed by atoms with Crippen LogP contribution in [0.1, 0.15) is 0 Å². The number of aromatic nitrogens is 5. The van der Waals surface area contributed by atoms with Crippen molar-refractivity contribution in [2.45, 2.75) is 4.90 Å². The lowest BCUT2D eigenvalue weighted by atomic mass is 10.1. The highest BCUT2D eigenvalue weighted by atomic mass is 35.5. The molecule has 9 nitrogen and oxygen atoms in total. The summed E-state index contributed by atoms with van der Waals surface area (Å²) in [6, 6.07) is 6.26. The van der Waals surface area contributed by atoms with Crippen LogP contribution in [0, 0.1) is 11.8 Å². The Hall–Kier alpha value is -3.94. The summed E-state index contributed by atoms with van der Waals surface area (Å²) in [5.74, 6) is -1.57. The highest BCUT2D eigenvalue weighted by molar-refractivity contribution is 7.92. The maximum Gasteiger partial charge on any atom is 0.266 e. The molecule has 0 atom stereocenters. The summed E-state index contributed by atoms with van der Waals surface area (Å²) < 4.78 is 63.2. The summed E-state index contributed by atoms with van der Waals surface area (Å²) >= 11 is 7.48. The van der Waals surface area contributed by atoms with Crippen LogP contribution in [0.5, 0.6) is 11.5 Å². The van der Waals surface area contributed by atoms with Crippen LogP contribution in [-0.2, 0) is 17.1 Å². The molecule has 0 fully saturated rings. The summed E-state index contributed by atoms with van der Waals surface area (Å²) in [6.07, 6.45) is 6.06. The van der Waals surface area contributed by atoms with Crippen molar-refractivity contribution in [3.8, 4) is 33.9 Å². The molecule has 0 aliphatic rings. The number of aryl methyl sites for hydroxylation is 1. The van der Waals surface area contributed by atoms with Gasteiger partial charge in [-0.3, -0.25) is 14.4 Å². The van der Waals surface area contributed by atoms with Crippen LogP contribution in [0.15, 0.2) is 70.9 Å². The molecule has 37 heavy (non-hydrogen) atoms. The molecule has 4 aromatic heterocycles. The zero-order chi connectivity index (χ0) is 26.2. The average Bonchev–Trinajstić information content (AvgIpc) is 3.53. The predicted molar refractivity (Wildman–Crippen MR) is 134 cm³/mol. The Morgan fingerprint density at radius 3 is 2.54 bits per heavy atom. The Kier molecular flexibility index (Phi) is 6.58. The summed E-state index contributed by atoms with van der Waals surface area (Å²) in [5.41, 5.74) is 3.65. The molecule has 0 saturated carbocycles. The van der Waals surface area contributed by atoms with Crippen LogP contribution in [0.3, 0.4) is 0 Å². The number of hydrogen-bond acceptors (Lipinski definition) is 8. The van der Waals surface area contributed by atoms with Crippen LogP contribution in [0.4, 0.5) is 14.6 Å². The summed E-state index contributed by atoms with van der Waals surface area (Å²) in [4.78, 5) is 11.2. The third kappa shape index (κ3) is 5.28. The minimum absolute atomic E-state index is 0.0597. The molecule has 0 amide bonds. The number of halogens is 3. The fourth-order valence-electron chi connectivity index (χ4n) is 3.36. The van der Waals surface area contributed by atoms with Gasteiger partial charge in [0.2, 0.25) is 5.95 Å². The maximum atomic E-state index is 15.0. The van der Waals surface area contributed by atoms with E-state index in [0.717, 1.165) is 12.1 Å². The Bertz CT molecular complexity index is 1690. The standard InChI is InChI=1S/C23H15ClF2N6O3S2/c1-32-10-14(8-30-32)15-4-18(13-2-3-22(26)28-7-13)27-9-20(15)35-19-6-17(25)21(5-16(19)24)37(33,34)31-23-11-36-12-29-23/h2-12,31H,1H3. The number of benzene rings is 1. The Morgan fingerprint density at radius 2 is 1.86 bits per heavy atom. The molecule has 0 aliphatic carbocycles. The molecule has 0 saturated heterocycles. The first-order valence-electron chi connectivity index (χ1n) is 10.4. The van der Waals surface area contributed by atoms with Gasteiger partial charge in [0.25, 0.3) is 10.0 Å². The zero-order valence-electron chi connectivity index (χ0n) is 18.8. The highest BCUT2D eigenvalue weighted by Crippen LogP contribution is 2.39. The second-order valence-electron chi connectivity index (χ2n) is 7.63. The zero-order valence-corrected chi connectivity index (χ0v) is 21.2. The molecular weight excluding hydrogens is 546 g/mol. The molecular formula is C23H15ClF2N6O3S2. The molecule has 5 aromatic rings. The van der Waals surface area contributed by atoms with Crippen LogP contribution >= 0.6 is 22.9 Å². The van der Waals surface area contributed by atoms with E-state index in [-0.39, 0.29) is 22.3 Å². The lowest BCUT2D eigenvalue weighted by Crippen LogP contribution is -2.15. The van der Waals surface area contributed by atoms with Crippen molar-refractivity contribution in [1.29, 1.82) is 0 Å². The van der Waals surface area contributed by atoms with E-state index in [0.29, 0.717) is 22.4 Å². The van der Waals surface area contributed by atoms with Gasteiger partial charge in [-0.2, -0.15) is 9.49 Å². The van der Waals surface area contributed by atoms with Gasteiger partial charge in [0.05, 0.1) is 28.6 Å². The van der Waals surface area contributed by atoms with Crippen molar-refractivity contribution in [3.05, 3.63) is 82.8 Å². The lowest BCUT2D eigenvalue weighted by molar-refractivity contribution is 0.473. The van der Waals surface area contributed by atoms with E-state index in [9.17, 15) is 17.2 Å². The number of ether oxygens (including phenoxy) is 1. The van der Waals surface area contributed by atoms with Crippen molar-refractivity contribution in [2.75, 3.05) is 4.72 Å². The molecule has 14 heteroatoms. The SMILES string of the molecule is Cn1cc(-c2cc(-c3ccc(F)nc3)ncc2Oc2cc(F)c(S(=O)(=O)Nc3cscn3)cc2Cl)cn1. The minimum Gasteiger partial charge on any atom is -0.453 e. The van der Waals surface area contributed by atoms with Crippen LogP contribution in [-0.4, -0.2) is 33.2 Å². The van der Waals surface area contributed by atoms with Gasteiger partial charge in [-0.05, 0) is 24.3 Å². The molecule has 0 spiro atoms. The number of pyridine rings is 2. The fourth-order valence-corrected chi connectivity index (χ4v) is 5.27. The second kappa shape index (κ2) is 9.84. The van der Waals surface area contributed by atoms with E-state index in [1.165, 1.54) is 46.8 Å². The summed E-state index contributed by atoms with van der Waals surface area (Å²) in [7, 11) is -2.55. The molecule has 4 heterocycles. The van der Waals surface area contributed by atoms with E-state index < -0.39 is 26.7 Å². The second-order valence-corrected chi connectivity index (χ2v) is 10.4. The summed E-state index contributed by atoms with van der Waals surface area (Å²) in [6.45, 7) is 0. The van der Waals surface area contributed by atoms with Crippen LogP contribution < -0.4 is 9.46 Å². The van der Waals surface area contributed by atoms with Crippen molar-refractivity contribution in [2.24, 2.45) is 7.05 Å². The van der Waals surface area contributed by atoms with Crippen molar-refractivity contribution in [3.63, 3.8) is 0 Å². The van der Waals surface area contributed by atoms with Crippen molar-refractivity contribution >= 4 is 38.8 Å². The van der Waals surface area contributed by atoms with E-state index in [2.05, 4.69) is 24.8 Å². The third-order valence-corrected chi connectivity index (χ3v) is 7.33. The Balaban J connectivity index is 1.52. The predicted octanol–water partition coefficient (Wildman–Crippen LogP) is 5.53. The van der Waals surface area contributed by atoms with Gasteiger partial charge < -0.3 is 4.74 Å². The number of anilines is 1. The molecule has 1 aromatic carbocycles. The van der Waals surface area contributed by atoms with Gasteiger partial charge in [0.15, 0.2) is 11.6 Å². The number of nitrogens with one attached hydrogen (secondary N) is 1. The number of nitrogens with zero attached hydrogens (tertiary/aromatic N) is 5. The summed E-state index contributed by atoms with van der Waals surface area (Å²) in [5, 5.41) is 5.49. The number of rotatable bonds is 7. The number of thiazole rings is 1. The number of hydrogen-bond donors (Lipinski definition) is 1. The number of sulfonamides is 1. The smallest absolute Gasteiger partial charge is 0.266 e. The first kappa shape index (κ1) is 24.7. The minimum atomic E-state index is -4.29. The Morgan fingerprint density at radius 1 is 1.03 bits per heavy atom. The fraction of sp³-hybridized carbons (Fsp3) is 0.0435. The molecule has 188 valence electrons. The van der Waals surface area contributed by atoms with E-state index in [4.69, 9.17) is 16.3 Å². The van der Waals surface area contributed by atoms with Crippen molar-refractivity contribution < 1.29 is 21.9 Å². The van der Waals surface area contributed by atoms with Crippen LogP contribution in [0.25, 0.3) is 22.4 Å². The quantitative estimate of drug-likeness (QED) is 0.261. The topological polar surface area (TPSA) is 112 Å². The molecule has 5 rings (SSSR count). The van der Waals surface area contributed by atoms with Gasteiger partial charge in [0, 0.05) is 47.6 Å². The van der Waals surface area contributed by atoms with E-state index in [1.807, 2.05) is 0 Å². The largest absolute Gasteiger partial charge is 0.453 e. The average molecular weight is 561 g/mol. The monoisotopic (exact) mass is 560 g/mol. The first-order chi connectivity index (χ1) is 17.7. The van der Waals surface area contributed by atoms with Gasteiger partial charge in [-0.25, -0.2) is 22.8 Å². The van der Waals surface area contributed by atoms with Gasteiger partial charge >= 0.3 is 0 Å².